The van der Waals surface area contributed by atoms with E-state index in [0.29, 0.717) is 6.04 Å². The highest BCUT2D eigenvalue weighted by atomic mass is 16.7. The molecule has 0 aromatic heterocycles. The first-order valence-corrected chi connectivity index (χ1v) is 6.95. The molecule has 1 fully saturated rings. The van der Waals surface area contributed by atoms with Crippen molar-refractivity contribution in [2.45, 2.75) is 52.6 Å². The molecular weight excluding hydrogens is 228 g/mol. The minimum absolute atomic E-state index is 0.150. The van der Waals surface area contributed by atoms with Crippen LogP contribution in [0.2, 0.25) is 0 Å². The summed E-state index contributed by atoms with van der Waals surface area (Å²) in [6.07, 6.45) is 4.25. The average Bonchev–Trinajstić information content (AvgIpc) is 2.87. The van der Waals surface area contributed by atoms with Gasteiger partial charge in [-0.3, -0.25) is 4.79 Å². The van der Waals surface area contributed by atoms with E-state index >= 15 is 0 Å². The van der Waals surface area contributed by atoms with Gasteiger partial charge in [0, 0.05) is 12.6 Å². The van der Waals surface area contributed by atoms with Gasteiger partial charge in [-0.1, -0.05) is 13.8 Å². The molecule has 1 amide bonds. The van der Waals surface area contributed by atoms with Crippen LogP contribution in [0.1, 0.15) is 40.5 Å². The van der Waals surface area contributed by atoms with Gasteiger partial charge in [0.15, 0.2) is 0 Å². The van der Waals surface area contributed by atoms with Crippen LogP contribution in [0.3, 0.4) is 0 Å². The summed E-state index contributed by atoms with van der Waals surface area (Å²) in [4.78, 5) is 20.1. The van der Waals surface area contributed by atoms with Gasteiger partial charge in [-0.05, 0) is 38.7 Å². The number of nitrogens with one attached hydrogen (secondary N) is 1. The maximum Gasteiger partial charge on any atom is 0.233 e. The highest BCUT2D eigenvalue weighted by Gasteiger charge is 2.37. The number of hydrogen-bond donors (Lipinski definition) is 1. The third-order valence-electron chi connectivity index (χ3n) is 3.85. The van der Waals surface area contributed by atoms with Crippen LogP contribution in [0, 0.1) is 11.8 Å². The van der Waals surface area contributed by atoms with Gasteiger partial charge in [0.05, 0.1) is 6.04 Å². The molecule has 3 atom stereocenters. The fourth-order valence-corrected chi connectivity index (χ4v) is 2.82. The second-order valence-corrected chi connectivity index (χ2v) is 5.82. The molecule has 0 spiro atoms. The van der Waals surface area contributed by atoms with Crippen molar-refractivity contribution in [1.29, 1.82) is 0 Å². The van der Waals surface area contributed by atoms with Gasteiger partial charge in [-0.25, -0.2) is 0 Å². The molecule has 3 unspecified atom stereocenters. The summed E-state index contributed by atoms with van der Waals surface area (Å²) in [5.41, 5.74) is 2.90. The number of hydrogen-bond acceptors (Lipinski definition) is 3. The van der Waals surface area contributed by atoms with Crippen LogP contribution in [0.15, 0.2) is 11.8 Å². The monoisotopic (exact) mass is 252 g/mol. The molecule has 2 rings (SSSR count). The van der Waals surface area contributed by atoms with E-state index in [1.807, 2.05) is 17.9 Å². The minimum Gasteiger partial charge on any atom is -0.412 e. The molecule has 18 heavy (non-hydrogen) atoms. The van der Waals surface area contributed by atoms with Crippen LogP contribution in [0.5, 0.6) is 0 Å². The Bertz CT molecular complexity index is 352. The molecule has 2 heterocycles. The highest BCUT2D eigenvalue weighted by Crippen LogP contribution is 2.29. The van der Waals surface area contributed by atoms with E-state index in [4.69, 9.17) is 4.84 Å². The zero-order chi connectivity index (χ0) is 13.3. The Morgan fingerprint density at radius 1 is 1.50 bits per heavy atom. The van der Waals surface area contributed by atoms with E-state index < -0.39 is 0 Å². The molecule has 0 aliphatic carbocycles. The van der Waals surface area contributed by atoms with Gasteiger partial charge in [-0.15, -0.1) is 0 Å². The van der Waals surface area contributed by atoms with Crippen LogP contribution in [0.25, 0.3) is 0 Å². The minimum atomic E-state index is -0.150. The zero-order valence-corrected chi connectivity index (χ0v) is 11.8. The van der Waals surface area contributed by atoms with Crippen LogP contribution in [-0.4, -0.2) is 29.4 Å². The zero-order valence-electron chi connectivity index (χ0n) is 11.8. The van der Waals surface area contributed by atoms with Gasteiger partial charge in [0.2, 0.25) is 5.91 Å². The number of carbonyl (C=O) groups excluding carboxylic acids is 1. The number of nitrogens with zero attached hydrogens (tertiary/aromatic N) is 1. The third kappa shape index (κ3) is 2.53. The van der Waals surface area contributed by atoms with Gasteiger partial charge >= 0.3 is 0 Å². The van der Waals surface area contributed by atoms with Crippen molar-refractivity contribution in [2.75, 3.05) is 6.54 Å². The van der Waals surface area contributed by atoms with Gasteiger partial charge in [0.1, 0.15) is 11.7 Å². The first-order chi connectivity index (χ1) is 8.50. The van der Waals surface area contributed by atoms with Crippen molar-refractivity contribution in [3.63, 3.8) is 0 Å². The maximum atomic E-state index is 12.7. The fourth-order valence-electron chi connectivity index (χ4n) is 2.82. The molecular formula is C14H24N2O2. The van der Waals surface area contributed by atoms with Gasteiger partial charge in [0.25, 0.3) is 0 Å². The number of likely N-dealkylation sites (tertiary alicyclic amines) is 1. The third-order valence-corrected chi connectivity index (χ3v) is 3.85. The van der Waals surface area contributed by atoms with Crippen LogP contribution < -0.4 is 5.48 Å². The lowest BCUT2D eigenvalue weighted by atomic mass is 9.91. The Hall–Kier alpha value is -1.03. The van der Waals surface area contributed by atoms with E-state index in [0.717, 1.165) is 25.1 Å². The fraction of sp³-hybridized carbons (Fsp3) is 0.786. The molecule has 2 aliphatic heterocycles. The molecule has 1 saturated heterocycles. The summed E-state index contributed by atoms with van der Waals surface area (Å²) in [5, 5.41) is 0. The second kappa shape index (κ2) is 5.31. The summed E-state index contributed by atoms with van der Waals surface area (Å²) in [7, 11) is 0. The quantitative estimate of drug-likeness (QED) is 0.836. The largest absolute Gasteiger partial charge is 0.412 e. The smallest absolute Gasteiger partial charge is 0.233 e. The second-order valence-electron chi connectivity index (χ2n) is 5.82. The Morgan fingerprint density at radius 2 is 2.22 bits per heavy atom. The molecule has 2 aliphatic rings. The number of hydroxylamine groups is 1. The molecule has 1 N–H and O–H groups in total. The lowest BCUT2D eigenvalue weighted by Gasteiger charge is -2.29. The van der Waals surface area contributed by atoms with Crippen molar-refractivity contribution < 1.29 is 9.63 Å². The first-order valence-electron chi connectivity index (χ1n) is 6.95. The number of carbonyl (C=O) groups is 1. The van der Waals surface area contributed by atoms with Crippen molar-refractivity contribution >= 4 is 5.91 Å². The SMILES string of the molecule is CC1C=C(C(C(=O)N2CCCC2C)C(C)C)ON1. The van der Waals surface area contributed by atoms with Crippen molar-refractivity contribution in [1.82, 2.24) is 10.4 Å². The standard InChI is InChI=1S/C14H24N2O2/c1-9(2)13(12-8-10(3)15-18-12)14(17)16-7-5-6-11(16)4/h8-11,13,15H,5-7H2,1-4H3. The molecule has 102 valence electrons. The number of amides is 1. The molecule has 0 radical (unpaired) electrons. The molecule has 0 saturated carbocycles. The van der Waals surface area contributed by atoms with E-state index in [1.54, 1.807) is 0 Å². The molecule has 0 aromatic rings. The Balaban J connectivity index is 2.15. The summed E-state index contributed by atoms with van der Waals surface area (Å²) >= 11 is 0. The van der Waals surface area contributed by atoms with Crippen LogP contribution >= 0.6 is 0 Å². The highest BCUT2D eigenvalue weighted by molar-refractivity contribution is 5.82. The maximum absolute atomic E-state index is 12.7. The van der Waals surface area contributed by atoms with Crippen molar-refractivity contribution in [3.8, 4) is 0 Å². The lowest BCUT2D eigenvalue weighted by Crippen LogP contribution is -2.41. The molecule has 4 nitrogen and oxygen atoms in total. The van der Waals surface area contributed by atoms with Gasteiger partial charge < -0.3 is 9.74 Å². The van der Waals surface area contributed by atoms with Crippen molar-refractivity contribution in [2.24, 2.45) is 11.8 Å². The van der Waals surface area contributed by atoms with Crippen LogP contribution in [0.4, 0.5) is 0 Å². The van der Waals surface area contributed by atoms with E-state index in [1.165, 1.54) is 0 Å². The normalized spacial score (nSPS) is 29.4. The predicted octanol–water partition coefficient (Wildman–Crippen LogP) is 2.08. The predicted molar refractivity (Wildman–Crippen MR) is 70.5 cm³/mol. The lowest BCUT2D eigenvalue weighted by molar-refractivity contribution is -0.137. The molecule has 4 heteroatoms. The van der Waals surface area contributed by atoms with Gasteiger partial charge in [-0.2, -0.15) is 5.48 Å². The molecule has 0 bridgehead atoms. The van der Waals surface area contributed by atoms with E-state index in [-0.39, 0.29) is 23.8 Å². The summed E-state index contributed by atoms with van der Waals surface area (Å²) < 4.78 is 0. The average molecular weight is 252 g/mol. The topological polar surface area (TPSA) is 41.6 Å². The Labute approximate surface area is 109 Å². The number of rotatable bonds is 3. The van der Waals surface area contributed by atoms with E-state index in [9.17, 15) is 4.79 Å². The summed E-state index contributed by atoms with van der Waals surface area (Å²) in [5.74, 6) is 1.12. The van der Waals surface area contributed by atoms with Crippen LogP contribution in [-0.2, 0) is 9.63 Å². The Kier molecular flexibility index (Phi) is 3.95. The van der Waals surface area contributed by atoms with E-state index in [2.05, 4.69) is 26.3 Å². The Morgan fingerprint density at radius 3 is 2.67 bits per heavy atom. The summed E-state index contributed by atoms with van der Waals surface area (Å²) in [6.45, 7) is 9.20. The van der Waals surface area contributed by atoms with Crippen molar-refractivity contribution in [3.05, 3.63) is 11.8 Å². The summed E-state index contributed by atoms with van der Waals surface area (Å²) in [6, 6.07) is 0.552. The first kappa shape index (κ1) is 13.4. The molecule has 0 aromatic carbocycles.